The zero-order valence-electron chi connectivity index (χ0n) is 8.69. The van der Waals surface area contributed by atoms with E-state index in [0.717, 1.165) is 12.3 Å². The molecule has 0 unspecified atom stereocenters. The summed E-state index contributed by atoms with van der Waals surface area (Å²) in [6, 6.07) is 1.47. The number of aromatic nitrogens is 1. The van der Waals surface area contributed by atoms with Crippen LogP contribution in [0.2, 0.25) is 0 Å². The molecule has 82 valence electrons. The van der Waals surface area contributed by atoms with Crippen LogP contribution < -0.4 is 5.32 Å². The molecule has 1 aromatic rings. The highest BCUT2D eigenvalue weighted by Gasteiger charge is 2.11. The zero-order chi connectivity index (χ0) is 11.3. The molecule has 1 heterocycles. The smallest absolute Gasteiger partial charge is 0.277 e. The molecule has 1 aromatic heterocycles. The van der Waals surface area contributed by atoms with Crippen molar-refractivity contribution in [2.24, 2.45) is 0 Å². The quantitative estimate of drug-likeness (QED) is 0.474. The second-order valence-electron chi connectivity index (χ2n) is 3.03. The van der Waals surface area contributed by atoms with Gasteiger partial charge in [0.1, 0.15) is 5.82 Å². The van der Waals surface area contributed by atoms with E-state index >= 15 is 0 Å². The van der Waals surface area contributed by atoms with E-state index in [4.69, 9.17) is 0 Å². The number of aryl methyl sites for hydroxylation is 1. The molecule has 0 aliphatic carbocycles. The highest BCUT2D eigenvalue weighted by Crippen LogP contribution is 2.19. The molecule has 0 aromatic carbocycles. The third-order valence-corrected chi connectivity index (χ3v) is 2.50. The van der Waals surface area contributed by atoms with Crippen LogP contribution in [0.25, 0.3) is 0 Å². The largest absolute Gasteiger partial charge is 0.369 e. The lowest BCUT2D eigenvalue weighted by Crippen LogP contribution is -2.06. The first kappa shape index (κ1) is 11.8. The minimum absolute atomic E-state index is 0.108. The van der Waals surface area contributed by atoms with Gasteiger partial charge in [-0.15, -0.1) is 0 Å². The van der Waals surface area contributed by atoms with Gasteiger partial charge in [-0.05, 0) is 13.2 Å². The lowest BCUT2D eigenvalue weighted by atomic mass is 10.2. The molecule has 0 aliphatic rings. The summed E-state index contributed by atoms with van der Waals surface area (Å²) in [7, 11) is 0. The highest BCUT2D eigenvalue weighted by atomic mass is 32.2. The molecule has 0 saturated carbocycles. The topological polar surface area (TPSA) is 68.1 Å². The summed E-state index contributed by atoms with van der Waals surface area (Å²) in [5.74, 6) is 1.50. The van der Waals surface area contributed by atoms with E-state index < -0.39 is 4.92 Å². The van der Waals surface area contributed by atoms with Gasteiger partial charge in [0.25, 0.3) is 5.69 Å². The predicted molar refractivity (Wildman–Crippen MR) is 62.5 cm³/mol. The lowest BCUT2D eigenvalue weighted by Gasteiger charge is -2.04. The van der Waals surface area contributed by atoms with Crippen LogP contribution in [0.1, 0.15) is 5.56 Å². The van der Waals surface area contributed by atoms with Gasteiger partial charge in [-0.2, -0.15) is 11.8 Å². The Morgan fingerprint density at radius 2 is 2.40 bits per heavy atom. The van der Waals surface area contributed by atoms with Gasteiger partial charge in [0.2, 0.25) is 0 Å². The lowest BCUT2D eigenvalue weighted by molar-refractivity contribution is -0.385. The Morgan fingerprint density at radius 3 is 3.00 bits per heavy atom. The number of nitrogens with zero attached hydrogens (tertiary/aromatic N) is 2. The molecule has 0 fully saturated rings. The van der Waals surface area contributed by atoms with Crippen molar-refractivity contribution in [2.45, 2.75) is 6.92 Å². The monoisotopic (exact) mass is 227 g/mol. The standard InChI is InChI=1S/C9H13N3O2S/c1-7-6-11-9(10-3-4-15-2)5-8(7)12(13)14/h5-6H,3-4H2,1-2H3,(H,10,11). The first-order valence-electron chi connectivity index (χ1n) is 4.49. The number of anilines is 1. The molecule has 0 spiro atoms. The Bertz CT molecular complexity index is 357. The van der Waals surface area contributed by atoms with Crippen LogP contribution in [-0.2, 0) is 0 Å². The van der Waals surface area contributed by atoms with E-state index in [1.165, 1.54) is 12.3 Å². The molecule has 0 amide bonds. The molecule has 0 bridgehead atoms. The van der Waals surface area contributed by atoms with Crippen LogP contribution in [-0.4, -0.2) is 28.5 Å². The third kappa shape index (κ3) is 3.39. The number of hydrogen-bond donors (Lipinski definition) is 1. The summed E-state index contributed by atoms with van der Waals surface area (Å²) in [6.07, 6.45) is 3.52. The summed E-state index contributed by atoms with van der Waals surface area (Å²) in [5, 5.41) is 13.7. The average Bonchev–Trinajstić information content (AvgIpc) is 2.20. The summed E-state index contributed by atoms with van der Waals surface area (Å²) in [4.78, 5) is 14.3. The van der Waals surface area contributed by atoms with Gasteiger partial charge in [0.15, 0.2) is 0 Å². The molecule has 0 radical (unpaired) electrons. The highest BCUT2D eigenvalue weighted by molar-refractivity contribution is 7.98. The van der Waals surface area contributed by atoms with Crippen LogP contribution in [0, 0.1) is 17.0 Å². The fraction of sp³-hybridized carbons (Fsp3) is 0.444. The summed E-state index contributed by atoms with van der Waals surface area (Å²) >= 11 is 1.71. The minimum Gasteiger partial charge on any atom is -0.369 e. The molecule has 0 saturated heterocycles. The number of hydrogen-bond acceptors (Lipinski definition) is 5. The first-order valence-corrected chi connectivity index (χ1v) is 5.88. The summed E-state index contributed by atoms with van der Waals surface area (Å²) in [5.41, 5.74) is 0.687. The Labute approximate surface area is 92.4 Å². The van der Waals surface area contributed by atoms with Crippen LogP contribution in [0.5, 0.6) is 0 Å². The Morgan fingerprint density at radius 1 is 1.67 bits per heavy atom. The predicted octanol–water partition coefficient (Wildman–Crippen LogP) is 2.07. The molecule has 6 heteroatoms. The fourth-order valence-corrected chi connectivity index (χ4v) is 1.39. The molecule has 15 heavy (non-hydrogen) atoms. The molecule has 0 aliphatic heterocycles. The van der Waals surface area contributed by atoms with Crippen molar-refractivity contribution in [3.05, 3.63) is 27.9 Å². The van der Waals surface area contributed by atoms with Gasteiger partial charge in [0.05, 0.1) is 11.0 Å². The van der Waals surface area contributed by atoms with Crippen molar-refractivity contribution < 1.29 is 4.92 Å². The van der Waals surface area contributed by atoms with Crippen molar-refractivity contribution in [1.29, 1.82) is 0 Å². The van der Waals surface area contributed by atoms with E-state index in [9.17, 15) is 10.1 Å². The molecule has 0 atom stereocenters. The molecular weight excluding hydrogens is 214 g/mol. The number of rotatable bonds is 5. The number of nitro groups is 1. The third-order valence-electron chi connectivity index (χ3n) is 1.88. The van der Waals surface area contributed by atoms with E-state index in [1.54, 1.807) is 18.7 Å². The summed E-state index contributed by atoms with van der Waals surface area (Å²) in [6.45, 7) is 2.44. The number of pyridine rings is 1. The summed E-state index contributed by atoms with van der Waals surface area (Å²) < 4.78 is 0. The van der Waals surface area contributed by atoms with E-state index in [0.29, 0.717) is 11.4 Å². The zero-order valence-corrected chi connectivity index (χ0v) is 9.50. The Hall–Kier alpha value is -1.30. The van der Waals surface area contributed by atoms with E-state index in [1.807, 2.05) is 6.26 Å². The molecular formula is C9H13N3O2S. The van der Waals surface area contributed by atoms with Crippen molar-refractivity contribution in [3.8, 4) is 0 Å². The van der Waals surface area contributed by atoms with Crippen LogP contribution in [0.3, 0.4) is 0 Å². The van der Waals surface area contributed by atoms with Crippen LogP contribution in [0.4, 0.5) is 11.5 Å². The van der Waals surface area contributed by atoms with Gasteiger partial charge in [-0.25, -0.2) is 4.98 Å². The van der Waals surface area contributed by atoms with E-state index in [2.05, 4.69) is 10.3 Å². The number of nitrogens with one attached hydrogen (secondary N) is 1. The second kappa shape index (κ2) is 5.55. The maximum atomic E-state index is 10.6. The maximum absolute atomic E-state index is 10.6. The molecule has 1 N–H and O–H groups in total. The maximum Gasteiger partial charge on any atom is 0.277 e. The Balaban J connectivity index is 2.74. The Kier molecular flexibility index (Phi) is 4.36. The van der Waals surface area contributed by atoms with Gasteiger partial charge in [-0.3, -0.25) is 10.1 Å². The second-order valence-corrected chi connectivity index (χ2v) is 4.02. The fourth-order valence-electron chi connectivity index (χ4n) is 1.09. The van der Waals surface area contributed by atoms with Gasteiger partial charge >= 0.3 is 0 Å². The number of thioether (sulfide) groups is 1. The van der Waals surface area contributed by atoms with Crippen molar-refractivity contribution >= 4 is 23.3 Å². The average molecular weight is 227 g/mol. The SMILES string of the molecule is CSCCNc1cc([N+](=O)[O-])c(C)cn1. The van der Waals surface area contributed by atoms with Crippen molar-refractivity contribution in [1.82, 2.24) is 4.98 Å². The van der Waals surface area contributed by atoms with E-state index in [-0.39, 0.29) is 5.69 Å². The molecule has 5 nitrogen and oxygen atoms in total. The van der Waals surface area contributed by atoms with Gasteiger partial charge in [-0.1, -0.05) is 0 Å². The molecule has 1 rings (SSSR count). The van der Waals surface area contributed by atoms with Crippen molar-refractivity contribution in [3.63, 3.8) is 0 Å². The van der Waals surface area contributed by atoms with Gasteiger partial charge in [0, 0.05) is 24.1 Å². The minimum atomic E-state index is -0.392. The normalized spacial score (nSPS) is 10.0. The van der Waals surface area contributed by atoms with Crippen LogP contribution in [0.15, 0.2) is 12.3 Å². The van der Waals surface area contributed by atoms with Crippen molar-refractivity contribution in [2.75, 3.05) is 23.9 Å². The van der Waals surface area contributed by atoms with Gasteiger partial charge < -0.3 is 5.32 Å². The first-order chi connectivity index (χ1) is 7.15. The van der Waals surface area contributed by atoms with Crippen LogP contribution >= 0.6 is 11.8 Å².